The molecule has 1 aliphatic rings. The second kappa shape index (κ2) is 5.54. The van der Waals surface area contributed by atoms with Gasteiger partial charge in [-0.3, -0.25) is 9.59 Å². The molecular formula is C13H15F2N3O2. The second-order valence-electron chi connectivity index (χ2n) is 4.91. The lowest BCUT2D eigenvalue weighted by Gasteiger charge is -2.15. The number of benzene rings is 1. The highest BCUT2D eigenvalue weighted by Crippen LogP contribution is 2.22. The lowest BCUT2D eigenvalue weighted by molar-refractivity contribution is -0.120. The van der Waals surface area contributed by atoms with Gasteiger partial charge in [-0.05, 0) is 18.5 Å². The maximum absolute atomic E-state index is 13.6. The Morgan fingerprint density at radius 1 is 1.30 bits per heavy atom. The topological polar surface area (TPSA) is 84.2 Å². The van der Waals surface area contributed by atoms with Crippen molar-refractivity contribution in [2.24, 2.45) is 17.6 Å². The molecule has 1 fully saturated rings. The molecule has 1 heterocycles. The van der Waals surface area contributed by atoms with E-state index in [0.717, 1.165) is 6.07 Å². The van der Waals surface area contributed by atoms with Crippen LogP contribution in [0.1, 0.15) is 17.3 Å². The third-order valence-corrected chi connectivity index (χ3v) is 3.43. The summed E-state index contributed by atoms with van der Waals surface area (Å²) in [6, 6.07) is 1.45. The van der Waals surface area contributed by atoms with Crippen molar-refractivity contribution in [3.8, 4) is 0 Å². The lowest BCUT2D eigenvalue weighted by atomic mass is 9.97. The highest BCUT2D eigenvalue weighted by atomic mass is 19.1. The van der Waals surface area contributed by atoms with E-state index in [1.807, 2.05) is 6.92 Å². The summed E-state index contributed by atoms with van der Waals surface area (Å²) in [6.07, 6.45) is 0. The van der Waals surface area contributed by atoms with Crippen LogP contribution in [-0.2, 0) is 4.79 Å². The van der Waals surface area contributed by atoms with Gasteiger partial charge in [0.15, 0.2) is 0 Å². The number of hydrogen-bond acceptors (Lipinski definition) is 3. The molecule has 0 radical (unpaired) electrons. The number of halogens is 2. The minimum Gasteiger partial charge on any atom is -0.366 e. The SMILES string of the molecule is C[C@@H]1CNC[C@H]1C(=O)Nc1cc(C(N)=O)c(F)cc1F. The molecule has 0 aliphatic carbocycles. The minimum absolute atomic E-state index is 0.120. The van der Waals surface area contributed by atoms with E-state index in [-0.39, 0.29) is 23.4 Å². The number of nitrogens with two attached hydrogens (primary N) is 1. The van der Waals surface area contributed by atoms with Gasteiger partial charge in [-0.1, -0.05) is 6.92 Å². The summed E-state index contributed by atoms with van der Waals surface area (Å²) in [6.45, 7) is 3.11. The van der Waals surface area contributed by atoms with Crippen molar-refractivity contribution >= 4 is 17.5 Å². The summed E-state index contributed by atoms with van der Waals surface area (Å²) < 4.78 is 26.9. The number of carbonyl (C=O) groups is 2. The molecule has 0 saturated carbocycles. The van der Waals surface area contributed by atoms with E-state index >= 15 is 0 Å². The summed E-state index contributed by atoms with van der Waals surface area (Å²) in [5.41, 5.74) is 4.28. The van der Waals surface area contributed by atoms with Crippen molar-refractivity contribution in [1.29, 1.82) is 0 Å². The third kappa shape index (κ3) is 2.77. The van der Waals surface area contributed by atoms with Gasteiger partial charge in [-0.2, -0.15) is 0 Å². The average Bonchev–Trinajstić information content (AvgIpc) is 2.78. The molecule has 0 aromatic heterocycles. The standard InChI is InChI=1S/C13H15F2N3O2/c1-6-4-17-5-8(6)13(20)18-11-2-7(12(16)19)9(14)3-10(11)15/h2-3,6,8,17H,4-5H2,1H3,(H2,16,19)(H,18,20)/t6-,8-/m1/s1. The Labute approximate surface area is 114 Å². The third-order valence-electron chi connectivity index (χ3n) is 3.43. The number of amides is 2. The zero-order valence-electron chi connectivity index (χ0n) is 10.9. The molecule has 4 N–H and O–H groups in total. The van der Waals surface area contributed by atoms with E-state index in [1.54, 1.807) is 0 Å². The summed E-state index contributed by atoms with van der Waals surface area (Å²) >= 11 is 0. The predicted molar refractivity (Wildman–Crippen MR) is 69.0 cm³/mol. The van der Waals surface area contributed by atoms with Crippen LogP contribution in [0.2, 0.25) is 0 Å². The smallest absolute Gasteiger partial charge is 0.251 e. The molecule has 1 saturated heterocycles. The van der Waals surface area contributed by atoms with Crippen molar-refractivity contribution in [2.75, 3.05) is 18.4 Å². The van der Waals surface area contributed by atoms with Crippen molar-refractivity contribution in [1.82, 2.24) is 5.32 Å². The molecular weight excluding hydrogens is 268 g/mol. The van der Waals surface area contributed by atoms with Crippen molar-refractivity contribution < 1.29 is 18.4 Å². The Hall–Kier alpha value is -2.02. The van der Waals surface area contributed by atoms with Crippen LogP contribution in [0, 0.1) is 23.5 Å². The van der Waals surface area contributed by atoms with Gasteiger partial charge in [0.05, 0.1) is 17.2 Å². The van der Waals surface area contributed by atoms with Gasteiger partial charge in [0.25, 0.3) is 5.91 Å². The van der Waals surface area contributed by atoms with Crippen LogP contribution in [0.5, 0.6) is 0 Å². The van der Waals surface area contributed by atoms with Gasteiger partial charge >= 0.3 is 0 Å². The van der Waals surface area contributed by atoms with Crippen LogP contribution in [0.25, 0.3) is 0 Å². The Balaban J connectivity index is 2.22. The first-order valence-corrected chi connectivity index (χ1v) is 6.20. The Kier molecular flexibility index (Phi) is 3.99. The Morgan fingerprint density at radius 3 is 2.55 bits per heavy atom. The first kappa shape index (κ1) is 14.4. The van der Waals surface area contributed by atoms with Crippen molar-refractivity contribution in [3.63, 3.8) is 0 Å². The number of nitrogens with one attached hydrogen (secondary N) is 2. The summed E-state index contributed by atoms with van der Waals surface area (Å²) in [5, 5.41) is 5.43. The van der Waals surface area contributed by atoms with Gasteiger partial charge in [0.2, 0.25) is 5.91 Å². The normalized spacial score (nSPS) is 21.8. The number of anilines is 1. The van der Waals surface area contributed by atoms with Gasteiger partial charge in [-0.25, -0.2) is 8.78 Å². The zero-order valence-corrected chi connectivity index (χ0v) is 10.9. The first-order chi connectivity index (χ1) is 9.40. The van der Waals surface area contributed by atoms with E-state index in [2.05, 4.69) is 10.6 Å². The van der Waals surface area contributed by atoms with Crippen LogP contribution in [0.3, 0.4) is 0 Å². The van der Waals surface area contributed by atoms with E-state index in [9.17, 15) is 18.4 Å². The first-order valence-electron chi connectivity index (χ1n) is 6.20. The molecule has 5 nitrogen and oxygen atoms in total. The molecule has 108 valence electrons. The van der Waals surface area contributed by atoms with Crippen LogP contribution in [0.4, 0.5) is 14.5 Å². The largest absolute Gasteiger partial charge is 0.366 e. The monoisotopic (exact) mass is 283 g/mol. The number of carbonyl (C=O) groups excluding carboxylic acids is 2. The molecule has 2 amide bonds. The highest BCUT2D eigenvalue weighted by Gasteiger charge is 2.30. The predicted octanol–water partition coefficient (Wildman–Crippen LogP) is 0.858. The van der Waals surface area contributed by atoms with Crippen LogP contribution >= 0.6 is 0 Å². The van der Waals surface area contributed by atoms with Gasteiger partial charge in [0.1, 0.15) is 11.6 Å². The fourth-order valence-corrected chi connectivity index (χ4v) is 2.22. The molecule has 0 bridgehead atoms. The Bertz CT molecular complexity index is 563. The van der Waals surface area contributed by atoms with Gasteiger partial charge in [-0.15, -0.1) is 0 Å². The molecule has 1 aliphatic heterocycles. The van der Waals surface area contributed by atoms with Gasteiger partial charge < -0.3 is 16.4 Å². The van der Waals surface area contributed by atoms with E-state index in [1.165, 1.54) is 0 Å². The van der Waals surface area contributed by atoms with E-state index < -0.39 is 23.1 Å². The number of hydrogen-bond donors (Lipinski definition) is 3. The fourth-order valence-electron chi connectivity index (χ4n) is 2.22. The second-order valence-corrected chi connectivity index (χ2v) is 4.91. The Morgan fingerprint density at radius 2 is 2.00 bits per heavy atom. The molecule has 0 unspecified atom stereocenters. The number of rotatable bonds is 3. The van der Waals surface area contributed by atoms with Crippen LogP contribution in [-0.4, -0.2) is 24.9 Å². The molecule has 1 aromatic carbocycles. The molecule has 20 heavy (non-hydrogen) atoms. The molecule has 2 atom stereocenters. The zero-order chi connectivity index (χ0) is 14.9. The quantitative estimate of drug-likeness (QED) is 0.769. The highest BCUT2D eigenvalue weighted by molar-refractivity contribution is 5.97. The maximum atomic E-state index is 13.6. The molecule has 7 heteroatoms. The summed E-state index contributed by atoms with van der Waals surface area (Å²) in [4.78, 5) is 23.0. The summed E-state index contributed by atoms with van der Waals surface area (Å²) in [5.74, 6) is -3.56. The van der Waals surface area contributed by atoms with Crippen LogP contribution in [0.15, 0.2) is 12.1 Å². The molecule has 1 aromatic rings. The maximum Gasteiger partial charge on any atom is 0.251 e. The number of primary amides is 1. The minimum atomic E-state index is -1.05. The summed E-state index contributed by atoms with van der Waals surface area (Å²) in [7, 11) is 0. The van der Waals surface area contributed by atoms with Crippen LogP contribution < -0.4 is 16.4 Å². The van der Waals surface area contributed by atoms with E-state index in [4.69, 9.17) is 5.73 Å². The molecule has 2 rings (SSSR count). The van der Waals surface area contributed by atoms with Crippen molar-refractivity contribution in [3.05, 3.63) is 29.3 Å². The van der Waals surface area contributed by atoms with Crippen molar-refractivity contribution in [2.45, 2.75) is 6.92 Å². The van der Waals surface area contributed by atoms with E-state index in [0.29, 0.717) is 19.2 Å². The lowest BCUT2D eigenvalue weighted by Crippen LogP contribution is -2.28. The average molecular weight is 283 g/mol. The fraction of sp³-hybridized carbons (Fsp3) is 0.385. The van der Waals surface area contributed by atoms with Gasteiger partial charge in [0, 0.05) is 12.6 Å². The molecule has 0 spiro atoms.